The summed E-state index contributed by atoms with van der Waals surface area (Å²) in [4.78, 5) is 12.1. The number of hydrogen-bond donors (Lipinski definition) is 0. The molecule has 1 nitrogen and oxygen atoms in total. The Hall–Kier alpha value is -1.63. The summed E-state index contributed by atoms with van der Waals surface area (Å²) >= 11 is 0. The van der Waals surface area contributed by atoms with E-state index in [1.165, 1.54) is 16.7 Å². The fourth-order valence-corrected chi connectivity index (χ4v) is 2.38. The van der Waals surface area contributed by atoms with Gasteiger partial charge in [0, 0.05) is 12.8 Å². The lowest BCUT2D eigenvalue weighted by atomic mass is 9.92. The van der Waals surface area contributed by atoms with Gasteiger partial charge >= 0.3 is 0 Å². The van der Waals surface area contributed by atoms with Crippen molar-refractivity contribution in [3.05, 3.63) is 58.7 Å². The molecule has 1 aliphatic carbocycles. The second kappa shape index (κ2) is 5.81. The first kappa shape index (κ1) is 12.8. The van der Waals surface area contributed by atoms with Gasteiger partial charge in [-0.1, -0.05) is 47.6 Å². The SMILES string of the molecule is CC1=C(CC(=O)Cc2ccccc2C)CCC=C1. The molecule has 1 aliphatic rings. The van der Waals surface area contributed by atoms with Crippen molar-refractivity contribution in [2.24, 2.45) is 0 Å². The molecule has 1 aromatic carbocycles. The summed E-state index contributed by atoms with van der Waals surface area (Å²) in [7, 11) is 0. The topological polar surface area (TPSA) is 17.1 Å². The number of carbonyl (C=O) groups is 1. The number of Topliss-reactive ketones (excluding diaryl/α,β-unsaturated/α-hetero) is 1. The minimum Gasteiger partial charge on any atom is -0.299 e. The third-order valence-electron chi connectivity index (χ3n) is 3.60. The van der Waals surface area contributed by atoms with Gasteiger partial charge in [0.2, 0.25) is 0 Å². The standard InChI is InChI=1S/C17H20O/c1-13-7-3-5-9-15(13)11-17(18)12-16-10-6-4-8-14(16)2/h3-5,7-9H,6,10-12H2,1-2H3. The Morgan fingerprint density at radius 1 is 1.17 bits per heavy atom. The summed E-state index contributed by atoms with van der Waals surface area (Å²) < 4.78 is 0. The molecule has 1 aromatic rings. The lowest BCUT2D eigenvalue weighted by Crippen LogP contribution is -2.07. The van der Waals surface area contributed by atoms with Crippen LogP contribution in [0.3, 0.4) is 0 Å². The normalized spacial score (nSPS) is 15.0. The molecule has 0 amide bonds. The van der Waals surface area contributed by atoms with Crippen molar-refractivity contribution in [3.8, 4) is 0 Å². The van der Waals surface area contributed by atoms with Gasteiger partial charge in [-0.15, -0.1) is 0 Å². The molecule has 0 radical (unpaired) electrons. The molecule has 94 valence electrons. The van der Waals surface area contributed by atoms with Crippen LogP contribution in [0.1, 0.15) is 37.3 Å². The molecule has 2 rings (SSSR count). The predicted octanol–water partition coefficient (Wildman–Crippen LogP) is 4.16. The zero-order valence-corrected chi connectivity index (χ0v) is 11.2. The smallest absolute Gasteiger partial charge is 0.141 e. The van der Waals surface area contributed by atoms with E-state index in [0.717, 1.165) is 18.4 Å². The lowest BCUT2D eigenvalue weighted by molar-refractivity contribution is -0.117. The molecule has 0 saturated carbocycles. The van der Waals surface area contributed by atoms with Crippen LogP contribution >= 0.6 is 0 Å². The molecule has 0 fully saturated rings. The molecular formula is C17H20O. The molecule has 1 heteroatoms. The number of hydrogen-bond acceptors (Lipinski definition) is 1. The van der Waals surface area contributed by atoms with E-state index in [4.69, 9.17) is 0 Å². The molecule has 0 heterocycles. The van der Waals surface area contributed by atoms with Crippen molar-refractivity contribution in [2.45, 2.75) is 39.5 Å². The minimum atomic E-state index is 0.328. The molecule has 0 aromatic heterocycles. The van der Waals surface area contributed by atoms with Gasteiger partial charge in [0.05, 0.1) is 0 Å². The van der Waals surface area contributed by atoms with Crippen LogP contribution < -0.4 is 0 Å². The Kier molecular flexibility index (Phi) is 4.14. The molecule has 0 atom stereocenters. The Morgan fingerprint density at radius 3 is 2.67 bits per heavy atom. The zero-order valence-electron chi connectivity index (χ0n) is 11.2. The molecule has 0 spiro atoms. The lowest BCUT2D eigenvalue weighted by Gasteiger charge is -2.13. The first-order valence-corrected chi connectivity index (χ1v) is 6.58. The van der Waals surface area contributed by atoms with E-state index in [-0.39, 0.29) is 0 Å². The third-order valence-corrected chi connectivity index (χ3v) is 3.60. The number of rotatable bonds is 4. The number of allylic oxidation sites excluding steroid dienone is 4. The Morgan fingerprint density at radius 2 is 1.94 bits per heavy atom. The first-order chi connectivity index (χ1) is 8.66. The third kappa shape index (κ3) is 3.19. The van der Waals surface area contributed by atoms with Gasteiger partial charge < -0.3 is 0 Å². The van der Waals surface area contributed by atoms with Gasteiger partial charge in [0.25, 0.3) is 0 Å². The number of ketones is 1. The predicted molar refractivity (Wildman–Crippen MR) is 75.6 cm³/mol. The second-order valence-electron chi connectivity index (χ2n) is 5.05. The molecule has 0 N–H and O–H groups in total. The maximum absolute atomic E-state index is 12.1. The number of carbonyl (C=O) groups excluding carboxylic acids is 1. The van der Waals surface area contributed by atoms with Gasteiger partial charge in [-0.2, -0.15) is 0 Å². The highest BCUT2D eigenvalue weighted by atomic mass is 16.1. The van der Waals surface area contributed by atoms with Crippen molar-refractivity contribution < 1.29 is 4.79 Å². The highest BCUT2D eigenvalue weighted by molar-refractivity contribution is 5.83. The van der Waals surface area contributed by atoms with Crippen LogP contribution in [0.25, 0.3) is 0 Å². The zero-order chi connectivity index (χ0) is 13.0. The van der Waals surface area contributed by atoms with Gasteiger partial charge in [-0.25, -0.2) is 0 Å². The van der Waals surface area contributed by atoms with E-state index < -0.39 is 0 Å². The van der Waals surface area contributed by atoms with Crippen LogP contribution in [0.15, 0.2) is 47.6 Å². The minimum absolute atomic E-state index is 0.328. The van der Waals surface area contributed by atoms with Crippen molar-refractivity contribution in [3.63, 3.8) is 0 Å². The van der Waals surface area contributed by atoms with E-state index in [1.807, 2.05) is 12.1 Å². The van der Waals surface area contributed by atoms with Crippen molar-refractivity contribution in [1.82, 2.24) is 0 Å². The summed E-state index contributed by atoms with van der Waals surface area (Å²) in [6, 6.07) is 8.14. The summed E-state index contributed by atoms with van der Waals surface area (Å²) in [6.07, 6.45) is 7.62. The van der Waals surface area contributed by atoms with E-state index in [9.17, 15) is 4.79 Å². The monoisotopic (exact) mass is 240 g/mol. The maximum Gasteiger partial charge on any atom is 0.141 e. The van der Waals surface area contributed by atoms with Crippen molar-refractivity contribution in [1.29, 1.82) is 0 Å². The van der Waals surface area contributed by atoms with E-state index >= 15 is 0 Å². The Bertz CT molecular complexity index is 506. The van der Waals surface area contributed by atoms with Crippen LogP contribution in [0.5, 0.6) is 0 Å². The highest BCUT2D eigenvalue weighted by Gasteiger charge is 2.11. The van der Waals surface area contributed by atoms with Crippen LogP contribution in [-0.2, 0) is 11.2 Å². The van der Waals surface area contributed by atoms with E-state index in [0.29, 0.717) is 18.6 Å². The largest absolute Gasteiger partial charge is 0.299 e. The number of benzene rings is 1. The first-order valence-electron chi connectivity index (χ1n) is 6.58. The van der Waals surface area contributed by atoms with Crippen molar-refractivity contribution >= 4 is 5.78 Å². The van der Waals surface area contributed by atoms with Crippen LogP contribution in [0.2, 0.25) is 0 Å². The molecule has 0 saturated heterocycles. The van der Waals surface area contributed by atoms with Crippen LogP contribution in [-0.4, -0.2) is 5.78 Å². The molecule has 0 unspecified atom stereocenters. The summed E-state index contributed by atoms with van der Waals surface area (Å²) in [6.45, 7) is 4.17. The van der Waals surface area contributed by atoms with Gasteiger partial charge in [0.1, 0.15) is 5.78 Å². The maximum atomic E-state index is 12.1. The Balaban J connectivity index is 2.01. The van der Waals surface area contributed by atoms with E-state index in [2.05, 4.69) is 38.1 Å². The quantitative estimate of drug-likeness (QED) is 0.772. The number of aryl methyl sites for hydroxylation is 1. The van der Waals surface area contributed by atoms with Gasteiger partial charge in [0.15, 0.2) is 0 Å². The average molecular weight is 240 g/mol. The average Bonchev–Trinajstić information content (AvgIpc) is 2.35. The fraction of sp³-hybridized carbons (Fsp3) is 0.353. The second-order valence-corrected chi connectivity index (χ2v) is 5.05. The fourth-order valence-electron chi connectivity index (χ4n) is 2.38. The molecule has 0 aliphatic heterocycles. The molecule has 0 bridgehead atoms. The summed E-state index contributed by atoms with van der Waals surface area (Å²) in [5, 5.41) is 0. The van der Waals surface area contributed by atoms with E-state index in [1.54, 1.807) is 0 Å². The van der Waals surface area contributed by atoms with Crippen molar-refractivity contribution in [2.75, 3.05) is 0 Å². The highest BCUT2D eigenvalue weighted by Crippen LogP contribution is 2.22. The van der Waals surface area contributed by atoms with Gasteiger partial charge in [-0.05, 0) is 37.8 Å². The summed E-state index contributed by atoms with van der Waals surface area (Å²) in [5.41, 5.74) is 4.96. The van der Waals surface area contributed by atoms with Gasteiger partial charge in [-0.3, -0.25) is 4.79 Å². The molecular weight excluding hydrogens is 220 g/mol. The summed E-state index contributed by atoms with van der Waals surface area (Å²) in [5.74, 6) is 0.328. The van der Waals surface area contributed by atoms with Crippen LogP contribution in [0, 0.1) is 6.92 Å². The Labute approximate surface area is 109 Å². The van der Waals surface area contributed by atoms with Crippen LogP contribution in [0.4, 0.5) is 0 Å². The molecule has 18 heavy (non-hydrogen) atoms.